The van der Waals surface area contributed by atoms with E-state index in [4.69, 9.17) is 4.74 Å². The van der Waals surface area contributed by atoms with Gasteiger partial charge in [-0.25, -0.2) is 0 Å². The van der Waals surface area contributed by atoms with E-state index >= 15 is 0 Å². The molecule has 1 radical (unpaired) electrons. The lowest BCUT2D eigenvalue weighted by Crippen LogP contribution is -1.89. The summed E-state index contributed by atoms with van der Waals surface area (Å²) in [5.74, 6) is 0. The fourth-order valence-electron chi connectivity index (χ4n) is 1.69. The largest absolute Gasteiger partial charge is 0.374 e. The van der Waals surface area contributed by atoms with Crippen molar-refractivity contribution in [1.29, 1.82) is 0 Å². The van der Waals surface area contributed by atoms with Crippen LogP contribution in [0.2, 0.25) is 0 Å². The minimum absolute atomic E-state index is 0.537. The van der Waals surface area contributed by atoms with Crippen LogP contribution in [0.1, 0.15) is 16.7 Å². The molecule has 2 aromatic carbocycles. The molecule has 0 spiro atoms. The zero-order valence-electron chi connectivity index (χ0n) is 9.67. The Morgan fingerprint density at radius 2 is 1.59 bits per heavy atom. The van der Waals surface area contributed by atoms with Crippen molar-refractivity contribution < 1.29 is 4.74 Å². The van der Waals surface area contributed by atoms with E-state index in [0.717, 1.165) is 5.56 Å². The van der Waals surface area contributed by atoms with Crippen molar-refractivity contribution in [3.05, 3.63) is 78.4 Å². The summed E-state index contributed by atoms with van der Waals surface area (Å²) in [4.78, 5) is 0. The second-order valence-corrected chi connectivity index (χ2v) is 3.79. The molecule has 2 aromatic rings. The van der Waals surface area contributed by atoms with Gasteiger partial charge in [0, 0.05) is 0 Å². The van der Waals surface area contributed by atoms with Gasteiger partial charge in [0.05, 0.1) is 13.7 Å². The number of hydrogen-bond acceptors (Lipinski definition) is 1. The monoisotopic (exact) mass is 223 g/mol. The van der Waals surface area contributed by atoms with E-state index < -0.39 is 0 Å². The normalized spacial score (nSPS) is 10.9. The first-order valence-electron chi connectivity index (χ1n) is 5.58. The Morgan fingerprint density at radius 3 is 2.35 bits per heavy atom. The van der Waals surface area contributed by atoms with E-state index in [2.05, 4.69) is 43.5 Å². The number of rotatable bonds is 4. The Morgan fingerprint density at radius 1 is 0.882 bits per heavy atom. The highest BCUT2D eigenvalue weighted by Gasteiger charge is 1.97. The molecule has 0 fully saturated rings. The summed E-state index contributed by atoms with van der Waals surface area (Å²) in [6, 6.07) is 18.4. The van der Waals surface area contributed by atoms with Gasteiger partial charge < -0.3 is 4.74 Å². The highest BCUT2D eigenvalue weighted by atomic mass is 16.5. The molecular formula is C16H15O. The molecule has 0 aliphatic heterocycles. The molecule has 0 aliphatic carbocycles. The van der Waals surface area contributed by atoms with Gasteiger partial charge in [-0.15, -0.1) is 0 Å². The summed E-state index contributed by atoms with van der Waals surface area (Å²) >= 11 is 0. The van der Waals surface area contributed by atoms with E-state index in [9.17, 15) is 0 Å². The van der Waals surface area contributed by atoms with E-state index in [-0.39, 0.29) is 0 Å². The van der Waals surface area contributed by atoms with Gasteiger partial charge >= 0.3 is 0 Å². The maximum absolute atomic E-state index is 4.94. The van der Waals surface area contributed by atoms with Crippen molar-refractivity contribution in [3.8, 4) is 0 Å². The van der Waals surface area contributed by atoms with Crippen LogP contribution in [0.25, 0.3) is 12.2 Å². The van der Waals surface area contributed by atoms with Crippen LogP contribution in [-0.2, 0) is 11.3 Å². The molecule has 0 amide bonds. The third kappa shape index (κ3) is 3.30. The summed E-state index contributed by atoms with van der Waals surface area (Å²) in [5.41, 5.74) is 3.51. The average molecular weight is 223 g/mol. The Balaban J connectivity index is 2.21. The van der Waals surface area contributed by atoms with Crippen LogP contribution in [0, 0.1) is 7.11 Å². The number of ether oxygens (including phenoxy) is 1. The maximum Gasteiger partial charge on any atom is 0.0723 e. The smallest absolute Gasteiger partial charge is 0.0723 e. The number of hydrogen-bond donors (Lipinski definition) is 0. The van der Waals surface area contributed by atoms with Crippen molar-refractivity contribution in [1.82, 2.24) is 0 Å². The van der Waals surface area contributed by atoms with Gasteiger partial charge in [0.15, 0.2) is 0 Å². The summed E-state index contributed by atoms with van der Waals surface area (Å²) in [7, 11) is 3.42. The Bertz CT molecular complexity index is 486. The predicted octanol–water partition coefficient (Wildman–Crippen LogP) is 4.17. The summed E-state index contributed by atoms with van der Waals surface area (Å²) in [6.07, 6.45) is 4.20. The molecule has 17 heavy (non-hydrogen) atoms. The van der Waals surface area contributed by atoms with Crippen LogP contribution in [0.4, 0.5) is 0 Å². The van der Waals surface area contributed by atoms with Gasteiger partial charge in [-0.3, -0.25) is 0 Å². The van der Waals surface area contributed by atoms with Crippen molar-refractivity contribution in [2.45, 2.75) is 6.61 Å². The van der Waals surface area contributed by atoms with E-state index in [1.807, 2.05) is 30.3 Å². The summed E-state index contributed by atoms with van der Waals surface area (Å²) in [6.45, 7) is 0.537. The van der Waals surface area contributed by atoms with Crippen LogP contribution in [0.3, 0.4) is 0 Å². The van der Waals surface area contributed by atoms with Gasteiger partial charge in [0.1, 0.15) is 0 Å². The lowest BCUT2D eigenvalue weighted by Gasteiger charge is -2.03. The SMILES string of the molecule is [CH2]OCc1ccccc1C=Cc1ccccc1. The van der Waals surface area contributed by atoms with Crippen LogP contribution in [0.15, 0.2) is 54.6 Å². The molecular weight excluding hydrogens is 208 g/mol. The first kappa shape index (κ1) is 11.6. The predicted molar refractivity (Wildman–Crippen MR) is 72.0 cm³/mol. The van der Waals surface area contributed by atoms with Gasteiger partial charge in [-0.05, 0) is 16.7 Å². The highest BCUT2D eigenvalue weighted by molar-refractivity contribution is 5.71. The van der Waals surface area contributed by atoms with Gasteiger partial charge in [-0.1, -0.05) is 66.7 Å². The Kier molecular flexibility index (Phi) is 4.11. The molecule has 0 aliphatic rings. The van der Waals surface area contributed by atoms with E-state index in [1.165, 1.54) is 11.1 Å². The summed E-state index contributed by atoms with van der Waals surface area (Å²) in [5, 5.41) is 0. The quantitative estimate of drug-likeness (QED) is 0.707. The minimum atomic E-state index is 0.537. The van der Waals surface area contributed by atoms with Gasteiger partial charge in [0.25, 0.3) is 0 Å². The number of benzene rings is 2. The van der Waals surface area contributed by atoms with Gasteiger partial charge in [0.2, 0.25) is 0 Å². The first-order chi connectivity index (χ1) is 8.40. The lowest BCUT2D eigenvalue weighted by molar-refractivity contribution is 0.229. The Hall–Kier alpha value is -1.86. The van der Waals surface area contributed by atoms with E-state index in [1.54, 1.807) is 0 Å². The first-order valence-corrected chi connectivity index (χ1v) is 5.58. The molecule has 1 nitrogen and oxygen atoms in total. The molecule has 85 valence electrons. The minimum Gasteiger partial charge on any atom is -0.374 e. The van der Waals surface area contributed by atoms with Crippen molar-refractivity contribution in [2.75, 3.05) is 0 Å². The molecule has 0 saturated carbocycles. The standard InChI is InChI=1S/C16H15O/c1-17-13-16-10-6-5-9-15(16)12-11-14-7-3-2-4-8-14/h2-12H,1,13H2. The second kappa shape index (κ2) is 6.02. The molecule has 0 bridgehead atoms. The highest BCUT2D eigenvalue weighted by Crippen LogP contribution is 2.14. The molecule has 0 saturated heterocycles. The second-order valence-electron chi connectivity index (χ2n) is 3.79. The molecule has 0 atom stereocenters. The molecule has 0 N–H and O–H groups in total. The van der Waals surface area contributed by atoms with E-state index in [0.29, 0.717) is 6.61 Å². The van der Waals surface area contributed by atoms with Crippen molar-refractivity contribution in [3.63, 3.8) is 0 Å². The Labute approximate surface area is 102 Å². The van der Waals surface area contributed by atoms with Crippen LogP contribution in [0.5, 0.6) is 0 Å². The molecule has 0 aromatic heterocycles. The maximum atomic E-state index is 4.94. The molecule has 1 heteroatoms. The molecule has 0 heterocycles. The van der Waals surface area contributed by atoms with Crippen molar-refractivity contribution >= 4 is 12.2 Å². The average Bonchev–Trinajstić information content (AvgIpc) is 2.39. The zero-order valence-corrected chi connectivity index (χ0v) is 9.67. The fraction of sp³-hybridized carbons (Fsp3) is 0.0625. The third-order valence-electron chi connectivity index (χ3n) is 2.57. The zero-order chi connectivity index (χ0) is 11.9. The van der Waals surface area contributed by atoms with Crippen LogP contribution in [-0.4, -0.2) is 0 Å². The topological polar surface area (TPSA) is 9.23 Å². The fourth-order valence-corrected chi connectivity index (χ4v) is 1.69. The molecule has 0 unspecified atom stereocenters. The molecule has 2 rings (SSSR count). The van der Waals surface area contributed by atoms with Gasteiger partial charge in [-0.2, -0.15) is 0 Å². The van der Waals surface area contributed by atoms with Crippen LogP contribution < -0.4 is 0 Å². The third-order valence-corrected chi connectivity index (χ3v) is 2.57. The van der Waals surface area contributed by atoms with Crippen LogP contribution >= 0.6 is 0 Å². The summed E-state index contributed by atoms with van der Waals surface area (Å²) < 4.78 is 4.94. The lowest BCUT2D eigenvalue weighted by atomic mass is 10.1. The van der Waals surface area contributed by atoms with Crippen molar-refractivity contribution in [2.24, 2.45) is 0 Å².